The number of ether oxygens (including phenoxy) is 4. The minimum atomic E-state index is -0.601. The zero-order valence-corrected chi connectivity index (χ0v) is 24.2. The van der Waals surface area contributed by atoms with E-state index in [4.69, 9.17) is 30.5 Å². The van der Waals surface area contributed by atoms with E-state index in [1.54, 1.807) is 30.3 Å². The van der Waals surface area contributed by atoms with Crippen LogP contribution in [0.3, 0.4) is 0 Å². The SMILES string of the molecule is C=CC(=O)OCCCCOc1ccc(C(=O)Oc2ccc(C(=O)Oc3ccc(CCCCC)cc3)c(Cl)c2)cc1C. The summed E-state index contributed by atoms with van der Waals surface area (Å²) >= 11 is 6.33. The number of carbonyl (C=O) groups excluding carboxylic acids is 3. The molecule has 0 bridgehead atoms. The molecule has 0 aliphatic rings. The molecule has 0 saturated carbocycles. The Balaban J connectivity index is 1.51. The van der Waals surface area contributed by atoms with Crippen molar-refractivity contribution in [2.24, 2.45) is 0 Å². The summed E-state index contributed by atoms with van der Waals surface area (Å²) in [6, 6.07) is 16.8. The van der Waals surface area contributed by atoms with Gasteiger partial charge < -0.3 is 18.9 Å². The summed E-state index contributed by atoms with van der Waals surface area (Å²) in [5.74, 6) is -0.355. The van der Waals surface area contributed by atoms with Gasteiger partial charge in [0.15, 0.2) is 0 Å². The summed E-state index contributed by atoms with van der Waals surface area (Å²) in [5.41, 5.74) is 2.46. The van der Waals surface area contributed by atoms with Gasteiger partial charge in [-0.25, -0.2) is 14.4 Å². The monoisotopic (exact) mass is 578 g/mol. The van der Waals surface area contributed by atoms with Gasteiger partial charge in [-0.1, -0.05) is 50.1 Å². The molecule has 216 valence electrons. The average molecular weight is 579 g/mol. The third-order valence-electron chi connectivity index (χ3n) is 6.19. The maximum Gasteiger partial charge on any atom is 0.345 e. The van der Waals surface area contributed by atoms with E-state index in [2.05, 4.69) is 13.5 Å². The smallest absolute Gasteiger partial charge is 0.345 e. The number of halogens is 1. The third kappa shape index (κ3) is 10.1. The molecule has 0 amide bonds. The van der Waals surface area contributed by atoms with Crippen LogP contribution in [0, 0.1) is 6.92 Å². The Bertz CT molecular complexity index is 1350. The highest BCUT2D eigenvalue weighted by Gasteiger charge is 2.16. The molecular weight excluding hydrogens is 544 g/mol. The van der Waals surface area contributed by atoms with E-state index in [0.717, 1.165) is 30.9 Å². The van der Waals surface area contributed by atoms with Crippen LogP contribution >= 0.6 is 11.6 Å². The Morgan fingerprint density at radius 3 is 2.22 bits per heavy atom. The molecule has 0 unspecified atom stereocenters. The van der Waals surface area contributed by atoms with Crippen molar-refractivity contribution in [2.75, 3.05) is 13.2 Å². The lowest BCUT2D eigenvalue weighted by molar-refractivity contribution is -0.137. The van der Waals surface area contributed by atoms with Crippen LogP contribution in [0.25, 0.3) is 0 Å². The molecule has 0 heterocycles. The summed E-state index contributed by atoms with van der Waals surface area (Å²) in [6.45, 7) is 8.09. The van der Waals surface area contributed by atoms with Gasteiger partial charge in [0.25, 0.3) is 0 Å². The van der Waals surface area contributed by atoms with E-state index in [0.29, 0.717) is 43.1 Å². The summed E-state index contributed by atoms with van der Waals surface area (Å²) in [7, 11) is 0. The van der Waals surface area contributed by atoms with Gasteiger partial charge in [0.05, 0.1) is 29.4 Å². The number of carbonyl (C=O) groups is 3. The molecule has 0 spiro atoms. The van der Waals surface area contributed by atoms with Crippen molar-refractivity contribution in [2.45, 2.75) is 52.4 Å². The second-order valence-corrected chi connectivity index (χ2v) is 9.84. The highest BCUT2D eigenvalue weighted by molar-refractivity contribution is 6.33. The van der Waals surface area contributed by atoms with Crippen LogP contribution in [0.4, 0.5) is 0 Å². The summed E-state index contributed by atoms with van der Waals surface area (Å²) in [6.07, 6.45) is 6.95. The summed E-state index contributed by atoms with van der Waals surface area (Å²) in [5, 5.41) is 0.107. The molecule has 0 fully saturated rings. The van der Waals surface area contributed by atoms with Crippen molar-refractivity contribution in [1.29, 1.82) is 0 Å². The predicted molar refractivity (Wildman–Crippen MR) is 158 cm³/mol. The van der Waals surface area contributed by atoms with Crippen LogP contribution in [0.15, 0.2) is 73.3 Å². The fourth-order valence-electron chi connectivity index (χ4n) is 3.91. The Morgan fingerprint density at radius 2 is 1.54 bits per heavy atom. The molecule has 0 saturated heterocycles. The van der Waals surface area contributed by atoms with Gasteiger partial charge in [-0.2, -0.15) is 0 Å². The lowest BCUT2D eigenvalue weighted by Crippen LogP contribution is -2.11. The summed E-state index contributed by atoms with van der Waals surface area (Å²) in [4.78, 5) is 36.4. The van der Waals surface area contributed by atoms with Crippen LogP contribution in [-0.4, -0.2) is 31.1 Å². The third-order valence-corrected chi connectivity index (χ3v) is 6.50. The quantitative estimate of drug-likeness (QED) is 0.0789. The maximum absolute atomic E-state index is 12.7. The van der Waals surface area contributed by atoms with Crippen molar-refractivity contribution in [3.05, 3.63) is 101 Å². The van der Waals surface area contributed by atoms with Crippen molar-refractivity contribution in [3.63, 3.8) is 0 Å². The van der Waals surface area contributed by atoms with Crippen molar-refractivity contribution in [1.82, 2.24) is 0 Å². The van der Waals surface area contributed by atoms with E-state index >= 15 is 0 Å². The summed E-state index contributed by atoms with van der Waals surface area (Å²) < 4.78 is 21.6. The second kappa shape index (κ2) is 16.2. The molecule has 0 radical (unpaired) electrons. The molecule has 41 heavy (non-hydrogen) atoms. The van der Waals surface area contributed by atoms with Gasteiger partial charge in [-0.15, -0.1) is 0 Å². The fraction of sp³-hybridized carbons (Fsp3) is 0.303. The molecule has 0 N–H and O–H groups in total. The number of hydrogen-bond acceptors (Lipinski definition) is 7. The second-order valence-electron chi connectivity index (χ2n) is 9.43. The lowest BCUT2D eigenvalue weighted by atomic mass is 10.1. The standard InChI is InChI=1S/C33H35ClO7/c1-4-6-7-10-24-11-14-26(15-12-24)40-33(37)28-17-16-27(22-29(28)34)41-32(36)25-13-18-30(23(3)21-25)38-19-8-9-20-39-31(35)5-2/h5,11-18,21-22H,2,4,6-10,19-20H2,1,3H3. The molecule has 3 aromatic carbocycles. The van der Waals surface area contributed by atoms with Crippen LogP contribution in [0.1, 0.15) is 70.9 Å². The first-order valence-electron chi connectivity index (χ1n) is 13.7. The van der Waals surface area contributed by atoms with E-state index in [1.165, 1.54) is 30.2 Å². The first kappa shape index (κ1) is 31.4. The van der Waals surface area contributed by atoms with E-state index in [1.807, 2.05) is 19.1 Å². The first-order valence-corrected chi connectivity index (χ1v) is 14.0. The highest BCUT2D eigenvalue weighted by Crippen LogP contribution is 2.26. The Hall–Kier alpha value is -4.10. The Morgan fingerprint density at radius 1 is 0.829 bits per heavy atom. The Kier molecular flexibility index (Phi) is 12.4. The van der Waals surface area contributed by atoms with Gasteiger partial charge in [-0.3, -0.25) is 0 Å². The number of unbranched alkanes of at least 4 members (excludes halogenated alkanes) is 3. The van der Waals surface area contributed by atoms with Gasteiger partial charge in [0, 0.05) is 12.1 Å². The molecule has 8 heteroatoms. The number of hydrogen-bond donors (Lipinski definition) is 0. The van der Waals surface area contributed by atoms with Gasteiger partial charge in [0.2, 0.25) is 0 Å². The number of rotatable bonds is 15. The number of aryl methyl sites for hydroxylation is 2. The van der Waals surface area contributed by atoms with Gasteiger partial charge >= 0.3 is 17.9 Å². The molecular formula is C33H35ClO7. The average Bonchev–Trinajstić information content (AvgIpc) is 2.96. The van der Waals surface area contributed by atoms with Crippen LogP contribution in [0.5, 0.6) is 17.2 Å². The predicted octanol–water partition coefficient (Wildman–Crippen LogP) is 7.71. The normalized spacial score (nSPS) is 10.5. The first-order chi connectivity index (χ1) is 19.8. The van der Waals surface area contributed by atoms with E-state index in [9.17, 15) is 14.4 Å². The Labute approximate surface area is 246 Å². The number of benzene rings is 3. The van der Waals surface area contributed by atoms with Crippen LogP contribution < -0.4 is 14.2 Å². The van der Waals surface area contributed by atoms with Crippen molar-refractivity contribution in [3.8, 4) is 17.2 Å². The molecule has 0 aliphatic heterocycles. The van der Waals surface area contributed by atoms with Gasteiger partial charge in [-0.05, 0) is 86.2 Å². The minimum Gasteiger partial charge on any atom is -0.493 e. The molecule has 0 aliphatic carbocycles. The molecule has 3 rings (SSSR count). The molecule has 0 aromatic heterocycles. The van der Waals surface area contributed by atoms with E-state index < -0.39 is 17.9 Å². The largest absolute Gasteiger partial charge is 0.493 e. The molecule has 0 atom stereocenters. The number of esters is 3. The van der Waals surface area contributed by atoms with Crippen molar-refractivity contribution < 1.29 is 33.3 Å². The maximum atomic E-state index is 12.7. The molecule has 3 aromatic rings. The zero-order chi connectivity index (χ0) is 29.6. The van der Waals surface area contributed by atoms with Gasteiger partial charge in [0.1, 0.15) is 17.2 Å². The molecule has 7 nitrogen and oxygen atoms in total. The minimum absolute atomic E-state index is 0.107. The fourth-order valence-corrected chi connectivity index (χ4v) is 4.16. The lowest BCUT2D eigenvalue weighted by Gasteiger charge is -2.11. The topological polar surface area (TPSA) is 88.1 Å². The highest BCUT2D eigenvalue weighted by atomic mass is 35.5. The zero-order valence-electron chi connectivity index (χ0n) is 23.5. The van der Waals surface area contributed by atoms with Crippen molar-refractivity contribution >= 4 is 29.5 Å². The van der Waals surface area contributed by atoms with Crippen LogP contribution in [-0.2, 0) is 16.0 Å². The van der Waals surface area contributed by atoms with E-state index in [-0.39, 0.29) is 16.3 Å². The van der Waals surface area contributed by atoms with Crippen LogP contribution in [0.2, 0.25) is 5.02 Å².